The second kappa shape index (κ2) is 3.08. The summed E-state index contributed by atoms with van der Waals surface area (Å²) >= 11 is 0. The number of nitrogens with two attached hydrogens (primary N) is 1. The van der Waals surface area contributed by atoms with Gasteiger partial charge >= 0.3 is 0 Å². The fourth-order valence-corrected chi connectivity index (χ4v) is 1.23. The first-order valence-corrected chi connectivity index (χ1v) is 5.28. The standard InChI is InChI=1S/C6H16N2O2S/c1-5(8-7)6(2,3)11(4,9)10/h5,8H,7H2,1-4H3. The van der Waals surface area contributed by atoms with Crippen LogP contribution in [0.1, 0.15) is 20.8 Å². The van der Waals surface area contributed by atoms with Crippen molar-refractivity contribution in [3.63, 3.8) is 0 Å². The normalized spacial score (nSPS) is 16.5. The Hall–Kier alpha value is -0.130. The molecule has 4 nitrogen and oxygen atoms in total. The van der Waals surface area contributed by atoms with Crippen molar-refractivity contribution < 1.29 is 8.42 Å². The van der Waals surface area contributed by atoms with Crippen molar-refractivity contribution in [1.29, 1.82) is 0 Å². The van der Waals surface area contributed by atoms with Gasteiger partial charge in [-0.2, -0.15) is 0 Å². The predicted molar refractivity (Wildman–Crippen MR) is 45.7 cm³/mol. The number of nitrogens with one attached hydrogen (secondary N) is 1. The van der Waals surface area contributed by atoms with Gasteiger partial charge in [-0.15, -0.1) is 0 Å². The Morgan fingerprint density at radius 1 is 1.45 bits per heavy atom. The number of hydrogen-bond donors (Lipinski definition) is 2. The van der Waals surface area contributed by atoms with E-state index >= 15 is 0 Å². The molecule has 0 radical (unpaired) electrons. The van der Waals surface area contributed by atoms with E-state index in [0.717, 1.165) is 0 Å². The molecule has 0 amide bonds. The number of hydrogen-bond acceptors (Lipinski definition) is 4. The Balaban J connectivity index is 4.74. The number of hydrazine groups is 1. The molecule has 0 spiro atoms. The summed E-state index contributed by atoms with van der Waals surface area (Å²) in [5, 5.41) is 0. The molecule has 1 atom stereocenters. The highest BCUT2D eigenvalue weighted by atomic mass is 32.2. The molecule has 0 rings (SSSR count). The minimum atomic E-state index is -3.06. The van der Waals surface area contributed by atoms with Crippen LogP contribution in [0.3, 0.4) is 0 Å². The third kappa shape index (κ3) is 2.15. The maximum atomic E-state index is 11.2. The van der Waals surface area contributed by atoms with E-state index in [1.54, 1.807) is 20.8 Å². The van der Waals surface area contributed by atoms with Crippen molar-refractivity contribution in [2.24, 2.45) is 5.84 Å². The molecule has 11 heavy (non-hydrogen) atoms. The van der Waals surface area contributed by atoms with E-state index in [2.05, 4.69) is 5.43 Å². The quantitative estimate of drug-likeness (QED) is 0.460. The van der Waals surface area contributed by atoms with Crippen molar-refractivity contribution >= 4 is 9.84 Å². The summed E-state index contributed by atoms with van der Waals surface area (Å²) < 4.78 is 21.5. The Labute approximate surface area is 68.0 Å². The summed E-state index contributed by atoms with van der Waals surface area (Å²) in [5.74, 6) is 5.14. The highest BCUT2D eigenvalue weighted by molar-refractivity contribution is 7.92. The molecule has 0 aliphatic carbocycles. The van der Waals surface area contributed by atoms with Gasteiger partial charge in [0.1, 0.15) is 0 Å². The minimum absolute atomic E-state index is 0.252. The Morgan fingerprint density at radius 3 is 1.91 bits per heavy atom. The van der Waals surface area contributed by atoms with E-state index in [4.69, 9.17) is 5.84 Å². The van der Waals surface area contributed by atoms with Crippen LogP contribution in [0.25, 0.3) is 0 Å². The van der Waals surface area contributed by atoms with Gasteiger partial charge in [-0.3, -0.25) is 11.3 Å². The van der Waals surface area contributed by atoms with Crippen LogP contribution in [0.5, 0.6) is 0 Å². The maximum absolute atomic E-state index is 11.2. The molecule has 0 aliphatic heterocycles. The Morgan fingerprint density at radius 2 is 1.82 bits per heavy atom. The zero-order valence-corrected chi connectivity index (χ0v) is 8.20. The summed E-state index contributed by atoms with van der Waals surface area (Å²) in [6.07, 6.45) is 1.21. The van der Waals surface area contributed by atoms with Gasteiger partial charge in [0.15, 0.2) is 9.84 Å². The van der Waals surface area contributed by atoms with Gasteiger partial charge in [-0.25, -0.2) is 8.42 Å². The Kier molecular flexibility index (Phi) is 3.05. The van der Waals surface area contributed by atoms with Crippen molar-refractivity contribution in [2.75, 3.05) is 6.26 Å². The highest BCUT2D eigenvalue weighted by Gasteiger charge is 2.35. The smallest absolute Gasteiger partial charge is 0.154 e. The van der Waals surface area contributed by atoms with E-state index in [-0.39, 0.29) is 6.04 Å². The van der Waals surface area contributed by atoms with E-state index in [9.17, 15) is 8.42 Å². The summed E-state index contributed by atoms with van der Waals surface area (Å²) in [5.41, 5.74) is 2.43. The van der Waals surface area contributed by atoms with E-state index in [0.29, 0.717) is 0 Å². The maximum Gasteiger partial charge on any atom is 0.154 e. The molecule has 0 saturated heterocycles. The molecular weight excluding hydrogens is 164 g/mol. The second-order valence-electron chi connectivity index (χ2n) is 3.26. The van der Waals surface area contributed by atoms with Gasteiger partial charge in [-0.05, 0) is 20.8 Å². The van der Waals surface area contributed by atoms with Gasteiger partial charge < -0.3 is 0 Å². The fraction of sp³-hybridized carbons (Fsp3) is 1.00. The number of sulfone groups is 1. The monoisotopic (exact) mass is 180 g/mol. The van der Waals surface area contributed by atoms with Crippen LogP contribution in [-0.4, -0.2) is 25.5 Å². The molecule has 0 aliphatic rings. The van der Waals surface area contributed by atoms with Crippen LogP contribution in [0, 0.1) is 0 Å². The topological polar surface area (TPSA) is 72.2 Å². The van der Waals surface area contributed by atoms with Crippen LogP contribution < -0.4 is 11.3 Å². The zero-order chi connectivity index (χ0) is 9.28. The first-order chi connectivity index (χ1) is 4.73. The van der Waals surface area contributed by atoms with Crippen LogP contribution >= 0.6 is 0 Å². The fourth-order valence-electron chi connectivity index (χ4n) is 0.522. The summed E-state index contributed by atoms with van der Waals surface area (Å²) in [7, 11) is -3.06. The van der Waals surface area contributed by atoms with Gasteiger partial charge in [0, 0.05) is 12.3 Å². The molecular formula is C6H16N2O2S. The van der Waals surface area contributed by atoms with Gasteiger partial charge in [-0.1, -0.05) is 0 Å². The van der Waals surface area contributed by atoms with Crippen LogP contribution in [-0.2, 0) is 9.84 Å². The first-order valence-electron chi connectivity index (χ1n) is 3.39. The van der Waals surface area contributed by atoms with Gasteiger partial charge in [0.25, 0.3) is 0 Å². The van der Waals surface area contributed by atoms with Crippen molar-refractivity contribution in [2.45, 2.75) is 31.6 Å². The lowest BCUT2D eigenvalue weighted by Crippen LogP contribution is -2.52. The minimum Gasteiger partial charge on any atom is -0.271 e. The third-order valence-electron chi connectivity index (χ3n) is 2.25. The van der Waals surface area contributed by atoms with Crippen molar-refractivity contribution in [3.8, 4) is 0 Å². The lowest BCUT2D eigenvalue weighted by molar-refractivity contribution is 0.441. The van der Waals surface area contributed by atoms with Gasteiger partial charge in [0.05, 0.1) is 4.75 Å². The van der Waals surface area contributed by atoms with Crippen LogP contribution in [0.4, 0.5) is 0 Å². The SMILES string of the molecule is CC(NN)C(C)(C)S(C)(=O)=O. The van der Waals surface area contributed by atoms with Crippen molar-refractivity contribution in [3.05, 3.63) is 0 Å². The highest BCUT2D eigenvalue weighted by Crippen LogP contribution is 2.18. The first kappa shape index (κ1) is 10.9. The molecule has 0 aromatic rings. The van der Waals surface area contributed by atoms with E-state index in [1.807, 2.05) is 0 Å². The van der Waals surface area contributed by atoms with Crippen LogP contribution in [0.2, 0.25) is 0 Å². The lowest BCUT2D eigenvalue weighted by Gasteiger charge is -2.28. The molecule has 3 N–H and O–H groups in total. The Bertz CT molecular complexity index is 221. The number of rotatable bonds is 3. The molecule has 0 heterocycles. The summed E-state index contributed by atoms with van der Waals surface area (Å²) in [6.45, 7) is 5.03. The molecule has 68 valence electrons. The largest absolute Gasteiger partial charge is 0.271 e. The summed E-state index contributed by atoms with van der Waals surface area (Å²) in [6, 6.07) is -0.252. The molecule has 0 bridgehead atoms. The molecule has 0 aromatic carbocycles. The molecule has 0 saturated carbocycles. The summed E-state index contributed by atoms with van der Waals surface area (Å²) in [4.78, 5) is 0. The van der Waals surface area contributed by atoms with E-state index < -0.39 is 14.6 Å². The average molecular weight is 180 g/mol. The molecule has 5 heteroatoms. The molecule has 0 aromatic heterocycles. The molecule has 0 fully saturated rings. The van der Waals surface area contributed by atoms with Gasteiger partial charge in [0.2, 0.25) is 0 Å². The zero-order valence-electron chi connectivity index (χ0n) is 7.38. The third-order valence-corrected chi connectivity index (χ3v) is 4.51. The average Bonchev–Trinajstić information content (AvgIpc) is 1.83. The predicted octanol–water partition coefficient (Wildman–Crippen LogP) is -0.339. The lowest BCUT2D eigenvalue weighted by atomic mass is 10.1. The molecule has 1 unspecified atom stereocenters. The second-order valence-corrected chi connectivity index (χ2v) is 5.86. The van der Waals surface area contributed by atoms with Crippen molar-refractivity contribution in [1.82, 2.24) is 5.43 Å². The van der Waals surface area contributed by atoms with Crippen LogP contribution in [0.15, 0.2) is 0 Å². The van der Waals surface area contributed by atoms with E-state index in [1.165, 1.54) is 6.26 Å².